The summed E-state index contributed by atoms with van der Waals surface area (Å²) in [5.41, 5.74) is 0. The van der Waals surface area contributed by atoms with Crippen LogP contribution in [-0.2, 0) is 4.74 Å². The van der Waals surface area contributed by atoms with Gasteiger partial charge < -0.3 is 9.47 Å². The lowest BCUT2D eigenvalue weighted by molar-refractivity contribution is 0.0663. The van der Waals surface area contributed by atoms with E-state index >= 15 is 0 Å². The van der Waals surface area contributed by atoms with Gasteiger partial charge in [0.15, 0.2) is 0 Å². The van der Waals surface area contributed by atoms with Crippen LogP contribution in [0.25, 0.3) is 0 Å². The highest BCUT2D eigenvalue weighted by Gasteiger charge is 2.16. The van der Waals surface area contributed by atoms with Crippen molar-refractivity contribution in [1.82, 2.24) is 4.98 Å². The monoisotopic (exact) mass is 213 g/mol. The number of ether oxygens (including phenoxy) is 2. The van der Waals surface area contributed by atoms with E-state index in [4.69, 9.17) is 21.1 Å². The maximum absolute atomic E-state index is 5.72. The van der Waals surface area contributed by atoms with E-state index in [1.165, 1.54) is 0 Å². The molecule has 4 heteroatoms. The highest BCUT2D eigenvalue weighted by molar-refractivity contribution is 6.29. The number of halogens is 1. The molecule has 0 aromatic carbocycles. The van der Waals surface area contributed by atoms with Crippen molar-refractivity contribution in [3.63, 3.8) is 0 Å². The summed E-state index contributed by atoms with van der Waals surface area (Å²) in [4.78, 5) is 4.02. The largest absolute Gasteiger partial charge is 0.475 e. The number of pyridine rings is 1. The Bertz CT molecular complexity index is 300. The molecule has 0 saturated carbocycles. The molecule has 0 radical (unpaired) electrons. The smallest absolute Gasteiger partial charge is 0.214 e. The van der Waals surface area contributed by atoms with Crippen LogP contribution in [0, 0.1) is 0 Å². The van der Waals surface area contributed by atoms with Crippen molar-refractivity contribution in [2.24, 2.45) is 0 Å². The first-order valence-electron chi connectivity index (χ1n) is 4.71. The highest BCUT2D eigenvalue weighted by Crippen LogP contribution is 2.15. The van der Waals surface area contributed by atoms with Crippen molar-refractivity contribution in [2.75, 3.05) is 13.2 Å². The van der Waals surface area contributed by atoms with Crippen molar-refractivity contribution in [3.8, 4) is 5.88 Å². The van der Waals surface area contributed by atoms with Crippen molar-refractivity contribution in [2.45, 2.75) is 18.9 Å². The number of hydrogen-bond acceptors (Lipinski definition) is 3. The average molecular weight is 214 g/mol. The van der Waals surface area contributed by atoms with E-state index in [2.05, 4.69) is 4.98 Å². The Morgan fingerprint density at radius 3 is 3.21 bits per heavy atom. The summed E-state index contributed by atoms with van der Waals surface area (Å²) in [5.74, 6) is 0.563. The van der Waals surface area contributed by atoms with Gasteiger partial charge in [0.2, 0.25) is 5.88 Å². The highest BCUT2D eigenvalue weighted by atomic mass is 35.5. The minimum absolute atomic E-state index is 0.218. The van der Waals surface area contributed by atoms with Gasteiger partial charge in [-0.05, 0) is 18.9 Å². The topological polar surface area (TPSA) is 31.4 Å². The number of rotatable bonds is 3. The molecule has 0 N–H and O–H groups in total. The minimum Gasteiger partial charge on any atom is -0.475 e. The normalized spacial score (nSPS) is 21.1. The van der Waals surface area contributed by atoms with Crippen molar-refractivity contribution in [3.05, 3.63) is 23.4 Å². The second-order valence-corrected chi connectivity index (χ2v) is 3.63. The molecule has 0 bridgehead atoms. The van der Waals surface area contributed by atoms with Gasteiger partial charge in [-0.2, -0.15) is 0 Å². The Morgan fingerprint density at radius 1 is 1.57 bits per heavy atom. The summed E-state index contributed by atoms with van der Waals surface area (Å²) in [6.45, 7) is 1.41. The molecule has 1 aliphatic rings. The molecule has 1 aliphatic heterocycles. The van der Waals surface area contributed by atoms with Crippen LogP contribution in [0.15, 0.2) is 18.2 Å². The van der Waals surface area contributed by atoms with Gasteiger partial charge in [-0.25, -0.2) is 4.98 Å². The predicted molar refractivity (Wildman–Crippen MR) is 53.7 cm³/mol. The van der Waals surface area contributed by atoms with Crippen molar-refractivity contribution in [1.29, 1.82) is 0 Å². The molecule has 1 aromatic heterocycles. The molecule has 0 amide bonds. The van der Waals surface area contributed by atoms with Gasteiger partial charge in [0.05, 0.1) is 6.10 Å². The van der Waals surface area contributed by atoms with Gasteiger partial charge in [0, 0.05) is 12.7 Å². The fraction of sp³-hybridized carbons (Fsp3) is 0.500. The van der Waals surface area contributed by atoms with Gasteiger partial charge in [-0.15, -0.1) is 0 Å². The quantitative estimate of drug-likeness (QED) is 0.722. The summed E-state index contributed by atoms with van der Waals surface area (Å²) in [7, 11) is 0. The molecule has 1 unspecified atom stereocenters. The molecule has 0 spiro atoms. The number of nitrogens with zero attached hydrogens (tertiary/aromatic N) is 1. The number of hydrogen-bond donors (Lipinski definition) is 0. The molecule has 1 aromatic rings. The average Bonchev–Trinajstić information content (AvgIpc) is 2.67. The fourth-order valence-electron chi connectivity index (χ4n) is 1.42. The minimum atomic E-state index is 0.218. The Labute approximate surface area is 88.0 Å². The zero-order valence-electron chi connectivity index (χ0n) is 7.78. The lowest BCUT2D eigenvalue weighted by Gasteiger charge is -2.10. The summed E-state index contributed by atoms with van der Waals surface area (Å²) in [5, 5.41) is 0.454. The lowest BCUT2D eigenvalue weighted by atomic mass is 10.2. The Morgan fingerprint density at radius 2 is 2.50 bits per heavy atom. The standard InChI is InChI=1S/C10H12ClNO2/c11-9-4-1-5-10(12-9)14-7-8-3-2-6-13-8/h1,4-5,8H,2-3,6-7H2. The molecular formula is C10H12ClNO2. The maximum Gasteiger partial charge on any atom is 0.214 e. The number of aromatic nitrogens is 1. The van der Waals surface area contributed by atoms with E-state index in [1.807, 2.05) is 6.07 Å². The zero-order valence-corrected chi connectivity index (χ0v) is 8.54. The molecule has 1 fully saturated rings. The van der Waals surface area contributed by atoms with Gasteiger partial charge in [0.25, 0.3) is 0 Å². The second kappa shape index (κ2) is 4.62. The van der Waals surface area contributed by atoms with Crippen molar-refractivity contribution < 1.29 is 9.47 Å². The van der Waals surface area contributed by atoms with Gasteiger partial charge in [0.1, 0.15) is 11.8 Å². The van der Waals surface area contributed by atoms with E-state index < -0.39 is 0 Å². The molecule has 3 nitrogen and oxygen atoms in total. The molecule has 2 rings (SSSR count). The van der Waals surface area contributed by atoms with E-state index in [-0.39, 0.29) is 6.10 Å². The van der Waals surface area contributed by atoms with Crippen LogP contribution in [-0.4, -0.2) is 24.3 Å². The SMILES string of the molecule is Clc1cccc(OCC2CCCO2)n1. The van der Waals surface area contributed by atoms with Crippen LogP contribution < -0.4 is 4.74 Å². The fourth-order valence-corrected chi connectivity index (χ4v) is 1.58. The first-order chi connectivity index (χ1) is 6.84. The molecule has 0 aliphatic carbocycles. The molecule has 2 heterocycles. The van der Waals surface area contributed by atoms with Crippen LogP contribution in [0.4, 0.5) is 0 Å². The van der Waals surface area contributed by atoms with Crippen LogP contribution in [0.3, 0.4) is 0 Å². The molecular weight excluding hydrogens is 202 g/mol. The summed E-state index contributed by atoms with van der Waals surface area (Å²) in [6.07, 6.45) is 2.41. The maximum atomic E-state index is 5.72. The summed E-state index contributed by atoms with van der Waals surface area (Å²) >= 11 is 5.72. The van der Waals surface area contributed by atoms with Crippen LogP contribution in [0.2, 0.25) is 5.15 Å². The molecule has 76 valence electrons. The lowest BCUT2D eigenvalue weighted by Crippen LogP contribution is -2.16. The third kappa shape index (κ3) is 2.59. The Kier molecular flexibility index (Phi) is 3.22. The van der Waals surface area contributed by atoms with Crippen molar-refractivity contribution >= 4 is 11.6 Å². The Balaban J connectivity index is 1.85. The summed E-state index contributed by atoms with van der Waals surface area (Å²) in [6, 6.07) is 5.33. The second-order valence-electron chi connectivity index (χ2n) is 3.24. The predicted octanol–water partition coefficient (Wildman–Crippen LogP) is 2.29. The third-order valence-corrected chi connectivity index (χ3v) is 2.34. The first-order valence-corrected chi connectivity index (χ1v) is 5.09. The van der Waals surface area contributed by atoms with Gasteiger partial charge >= 0.3 is 0 Å². The van der Waals surface area contributed by atoms with Gasteiger partial charge in [-0.1, -0.05) is 17.7 Å². The first kappa shape index (κ1) is 9.74. The van der Waals surface area contributed by atoms with E-state index in [0.717, 1.165) is 19.4 Å². The molecule has 14 heavy (non-hydrogen) atoms. The third-order valence-electron chi connectivity index (χ3n) is 2.13. The molecule has 1 saturated heterocycles. The van der Waals surface area contributed by atoms with Crippen LogP contribution in [0.5, 0.6) is 5.88 Å². The molecule has 1 atom stereocenters. The zero-order chi connectivity index (χ0) is 9.80. The van der Waals surface area contributed by atoms with Crippen LogP contribution in [0.1, 0.15) is 12.8 Å². The van der Waals surface area contributed by atoms with Crippen LogP contribution >= 0.6 is 11.6 Å². The van der Waals surface area contributed by atoms with E-state index in [0.29, 0.717) is 17.6 Å². The van der Waals surface area contributed by atoms with E-state index in [1.54, 1.807) is 12.1 Å². The summed E-state index contributed by atoms with van der Waals surface area (Å²) < 4.78 is 10.9. The van der Waals surface area contributed by atoms with Gasteiger partial charge in [-0.3, -0.25) is 0 Å². The Hall–Kier alpha value is -0.800. The van der Waals surface area contributed by atoms with E-state index in [9.17, 15) is 0 Å².